The first-order valence-corrected chi connectivity index (χ1v) is 3.81. The van der Waals surface area contributed by atoms with Crippen LogP contribution in [0.15, 0.2) is 12.3 Å². The predicted molar refractivity (Wildman–Crippen MR) is 39.8 cm³/mol. The van der Waals surface area contributed by atoms with Crippen LogP contribution in [0.5, 0.6) is 0 Å². The molecule has 0 unspecified atom stereocenters. The summed E-state index contributed by atoms with van der Waals surface area (Å²) in [6, 6.07) is 2.08. The Morgan fingerprint density at radius 1 is 1.60 bits per heavy atom. The van der Waals surface area contributed by atoms with Gasteiger partial charge >= 0.3 is 0 Å². The lowest BCUT2D eigenvalue weighted by molar-refractivity contribution is 0.264. The molecule has 1 N–H and O–H groups in total. The molecule has 1 aromatic rings. The highest BCUT2D eigenvalue weighted by Gasteiger charge is 2.34. The normalized spacial score (nSPS) is 22.1. The standard InChI is InChI=1S/C8H12N2/c1-8(4-2-5-8)7-3-6-9-10-7/h3,6H,2,4-5H2,1H3,(H,9,10). The van der Waals surface area contributed by atoms with Gasteiger partial charge in [0.05, 0.1) is 0 Å². The largest absolute Gasteiger partial charge is 0.282 e. The smallest absolute Gasteiger partial charge is 0.0490 e. The van der Waals surface area contributed by atoms with Gasteiger partial charge < -0.3 is 0 Å². The molecule has 0 amide bonds. The van der Waals surface area contributed by atoms with Crippen LogP contribution in [-0.2, 0) is 5.41 Å². The molecule has 2 rings (SSSR count). The third kappa shape index (κ3) is 0.681. The first kappa shape index (κ1) is 5.96. The van der Waals surface area contributed by atoms with E-state index in [1.54, 1.807) is 0 Å². The zero-order valence-electron chi connectivity index (χ0n) is 6.22. The molecular weight excluding hydrogens is 124 g/mol. The van der Waals surface area contributed by atoms with Gasteiger partial charge in [-0.3, -0.25) is 5.10 Å². The van der Waals surface area contributed by atoms with E-state index in [0.717, 1.165) is 0 Å². The second-order valence-electron chi connectivity index (χ2n) is 3.38. The van der Waals surface area contributed by atoms with Gasteiger partial charge in [0.15, 0.2) is 0 Å². The van der Waals surface area contributed by atoms with Crippen LogP contribution in [0.3, 0.4) is 0 Å². The Hall–Kier alpha value is -0.790. The summed E-state index contributed by atoms with van der Waals surface area (Å²) in [7, 11) is 0. The van der Waals surface area contributed by atoms with Crippen molar-refractivity contribution >= 4 is 0 Å². The van der Waals surface area contributed by atoms with Crippen molar-refractivity contribution in [1.82, 2.24) is 10.2 Å². The minimum atomic E-state index is 0.427. The molecule has 54 valence electrons. The second-order valence-corrected chi connectivity index (χ2v) is 3.38. The molecular formula is C8H12N2. The zero-order chi connectivity index (χ0) is 7.03. The van der Waals surface area contributed by atoms with E-state index in [4.69, 9.17) is 0 Å². The summed E-state index contributed by atoms with van der Waals surface area (Å²) in [6.07, 6.45) is 5.83. The molecule has 0 radical (unpaired) electrons. The van der Waals surface area contributed by atoms with Crippen molar-refractivity contribution in [3.05, 3.63) is 18.0 Å². The summed E-state index contributed by atoms with van der Waals surface area (Å²) >= 11 is 0. The predicted octanol–water partition coefficient (Wildman–Crippen LogP) is 1.85. The molecule has 0 bridgehead atoms. The number of nitrogens with one attached hydrogen (secondary N) is 1. The summed E-state index contributed by atoms with van der Waals surface area (Å²) in [5.74, 6) is 0. The Morgan fingerprint density at radius 2 is 2.40 bits per heavy atom. The molecule has 1 aromatic heterocycles. The molecule has 10 heavy (non-hydrogen) atoms. The molecule has 1 heterocycles. The fourth-order valence-electron chi connectivity index (χ4n) is 1.57. The second kappa shape index (κ2) is 1.84. The number of H-pyrrole nitrogens is 1. The minimum absolute atomic E-state index is 0.427. The quantitative estimate of drug-likeness (QED) is 0.627. The van der Waals surface area contributed by atoms with E-state index in [2.05, 4.69) is 23.2 Å². The summed E-state index contributed by atoms with van der Waals surface area (Å²) in [4.78, 5) is 0. The molecule has 2 heteroatoms. The average molecular weight is 136 g/mol. The lowest BCUT2D eigenvalue weighted by atomic mass is 9.68. The Kier molecular flexibility index (Phi) is 1.10. The number of nitrogens with zero attached hydrogens (tertiary/aromatic N) is 1. The fraction of sp³-hybridized carbons (Fsp3) is 0.625. The van der Waals surface area contributed by atoms with Crippen LogP contribution in [0, 0.1) is 0 Å². The Bertz CT molecular complexity index is 209. The van der Waals surface area contributed by atoms with Crippen molar-refractivity contribution in [2.75, 3.05) is 0 Å². The number of aromatic nitrogens is 2. The van der Waals surface area contributed by atoms with Crippen molar-refractivity contribution in [3.63, 3.8) is 0 Å². The average Bonchev–Trinajstić information content (AvgIpc) is 2.33. The molecule has 1 fully saturated rings. The first-order chi connectivity index (χ1) is 4.81. The minimum Gasteiger partial charge on any atom is -0.282 e. The van der Waals surface area contributed by atoms with Crippen LogP contribution in [0.1, 0.15) is 31.9 Å². The number of rotatable bonds is 1. The van der Waals surface area contributed by atoms with E-state index >= 15 is 0 Å². The van der Waals surface area contributed by atoms with Crippen molar-refractivity contribution in [2.24, 2.45) is 0 Å². The molecule has 1 saturated carbocycles. The van der Waals surface area contributed by atoms with Gasteiger partial charge in [0.2, 0.25) is 0 Å². The monoisotopic (exact) mass is 136 g/mol. The van der Waals surface area contributed by atoms with Crippen molar-refractivity contribution < 1.29 is 0 Å². The zero-order valence-corrected chi connectivity index (χ0v) is 6.22. The molecule has 0 aromatic carbocycles. The van der Waals surface area contributed by atoms with E-state index in [-0.39, 0.29) is 0 Å². The Labute approximate surface area is 60.6 Å². The fourth-order valence-corrected chi connectivity index (χ4v) is 1.57. The van der Waals surface area contributed by atoms with Gasteiger partial charge in [0.25, 0.3) is 0 Å². The molecule has 1 aliphatic rings. The third-order valence-electron chi connectivity index (χ3n) is 2.61. The van der Waals surface area contributed by atoms with E-state index in [9.17, 15) is 0 Å². The molecule has 0 aliphatic heterocycles. The first-order valence-electron chi connectivity index (χ1n) is 3.81. The van der Waals surface area contributed by atoms with Crippen molar-refractivity contribution in [2.45, 2.75) is 31.6 Å². The summed E-state index contributed by atoms with van der Waals surface area (Å²) in [5.41, 5.74) is 1.73. The number of aromatic amines is 1. The van der Waals surface area contributed by atoms with Gasteiger partial charge in [-0.2, -0.15) is 5.10 Å². The van der Waals surface area contributed by atoms with Crippen LogP contribution < -0.4 is 0 Å². The lowest BCUT2D eigenvalue weighted by Gasteiger charge is -2.37. The highest BCUT2D eigenvalue weighted by atomic mass is 15.1. The maximum Gasteiger partial charge on any atom is 0.0490 e. The molecule has 0 atom stereocenters. The molecule has 0 saturated heterocycles. The van der Waals surface area contributed by atoms with E-state index in [0.29, 0.717) is 5.41 Å². The highest BCUT2D eigenvalue weighted by molar-refractivity contribution is 5.16. The van der Waals surface area contributed by atoms with Crippen LogP contribution in [-0.4, -0.2) is 10.2 Å². The summed E-state index contributed by atoms with van der Waals surface area (Å²) < 4.78 is 0. The van der Waals surface area contributed by atoms with Gasteiger partial charge in [0.1, 0.15) is 0 Å². The lowest BCUT2D eigenvalue weighted by Crippen LogP contribution is -2.30. The molecule has 2 nitrogen and oxygen atoms in total. The van der Waals surface area contributed by atoms with E-state index in [1.165, 1.54) is 25.0 Å². The van der Waals surface area contributed by atoms with E-state index in [1.807, 2.05) is 6.20 Å². The summed E-state index contributed by atoms with van der Waals surface area (Å²) in [6.45, 7) is 2.30. The van der Waals surface area contributed by atoms with Crippen molar-refractivity contribution in [1.29, 1.82) is 0 Å². The van der Waals surface area contributed by atoms with Gasteiger partial charge in [0, 0.05) is 17.3 Å². The maximum absolute atomic E-state index is 3.95. The Morgan fingerprint density at radius 3 is 2.80 bits per heavy atom. The Balaban J connectivity index is 2.27. The van der Waals surface area contributed by atoms with Gasteiger partial charge in [-0.25, -0.2) is 0 Å². The van der Waals surface area contributed by atoms with Crippen LogP contribution in [0.2, 0.25) is 0 Å². The van der Waals surface area contributed by atoms with Gasteiger partial charge in [-0.1, -0.05) is 13.3 Å². The third-order valence-corrected chi connectivity index (χ3v) is 2.61. The van der Waals surface area contributed by atoms with Crippen LogP contribution in [0.25, 0.3) is 0 Å². The van der Waals surface area contributed by atoms with E-state index < -0.39 is 0 Å². The van der Waals surface area contributed by atoms with Crippen molar-refractivity contribution in [3.8, 4) is 0 Å². The van der Waals surface area contributed by atoms with Crippen LogP contribution in [0.4, 0.5) is 0 Å². The number of hydrogen-bond donors (Lipinski definition) is 1. The molecule has 0 spiro atoms. The van der Waals surface area contributed by atoms with Gasteiger partial charge in [-0.05, 0) is 18.9 Å². The summed E-state index contributed by atoms with van der Waals surface area (Å²) in [5, 5.41) is 6.97. The SMILES string of the molecule is CC1(c2ccn[nH]2)CCC1. The van der Waals surface area contributed by atoms with Gasteiger partial charge in [-0.15, -0.1) is 0 Å². The highest BCUT2D eigenvalue weighted by Crippen LogP contribution is 2.41. The van der Waals surface area contributed by atoms with Crippen LogP contribution >= 0.6 is 0 Å². The molecule has 1 aliphatic carbocycles. The number of hydrogen-bond acceptors (Lipinski definition) is 1. The topological polar surface area (TPSA) is 28.7 Å². The maximum atomic E-state index is 3.95.